The molecule has 2 nitrogen and oxygen atoms in total. The first kappa shape index (κ1) is 16.0. The second-order valence-electron chi connectivity index (χ2n) is 4.89. The number of thiazole rings is 1. The van der Waals surface area contributed by atoms with Gasteiger partial charge in [-0.2, -0.15) is 0 Å². The Morgan fingerprint density at radius 2 is 1.86 bits per heavy atom. The van der Waals surface area contributed by atoms with Crippen LogP contribution in [0.4, 0.5) is 13.2 Å². The molecule has 114 valence electrons. The van der Waals surface area contributed by atoms with Crippen molar-refractivity contribution < 1.29 is 13.2 Å². The van der Waals surface area contributed by atoms with Crippen LogP contribution in [0.15, 0.2) is 12.1 Å². The normalized spacial score (nSPS) is 12.7. The summed E-state index contributed by atoms with van der Waals surface area (Å²) in [6.45, 7) is 6.71. The van der Waals surface area contributed by atoms with Gasteiger partial charge in [0.05, 0.1) is 11.3 Å². The van der Waals surface area contributed by atoms with Crippen molar-refractivity contribution >= 4 is 11.3 Å². The molecule has 21 heavy (non-hydrogen) atoms. The monoisotopic (exact) mass is 314 g/mol. The molecule has 0 fully saturated rings. The molecule has 1 heterocycles. The third-order valence-corrected chi connectivity index (χ3v) is 4.50. The van der Waals surface area contributed by atoms with Crippen LogP contribution in [0.1, 0.15) is 36.9 Å². The molecule has 1 aromatic carbocycles. The van der Waals surface area contributed by atoms with Gasteiger partial charge in [-0.3, -0.25) is 0 Å². The van der Waals surface area contributed by atoms with Crippen molar-refractivity contribution in [2.24, 2.45) is 0 Å². The summed E-state index contributed by atoms with van der Waals surface area (Å²) in [5, 5.41) is 3.55. The molecule has 0 spiro atoms. The van der Waals surface area contributed by atoms with E-state index in [9.17, 15) is 13.2 Å². The fraction of sp³-hybridized carbons (Fsp3) is 0.400. The Balaban J connectivity index is 2.39. The number of aryl methyl sites for hydroxylation is 1. The van der Waals surface area contributed by atoms with Crippen LogP contribution in [0, 0.1) is 24.4 Å². The van der Waals surface area contributed by atoms with E-state index in [4.69, 9.17) is 0 Å². The summed E-state index contributed by atoms with van der Waals surface area (Å²) < 4.78 is 40.6. The van der Waals surface area contributed by atoms with Gasteiger partial charge in [0.1, 0.15) is 22.5 Å². The van der Waals surface area contributed by atoms with Gasteiger partial charge in [0, 0.05) is 23.1 Å². The summed E-state index contributed by atoms with van der Waals surface area (Å²) >= 11 is 1.23. The van der Waals surface area contributed by atoms with Gasteiger partial charge in [-0.25, -0.2) is 18.2 Å². The lowest BCUT2D eigenvalue weighted by molar-refractivity contribution is 0.548. The third-order valence-electron chi connectivity index (χ3n) is 3.15. The van der Waals surface area contributed by atoms with Crippen LogP contribution in [0.25, 0.3) is 10.6 Å². The van der Waals surface area contributed by atoms with Gasteiger partial charge in [-0.05, 0) is 26.8 Å². The predicted octanol–water partition coefficient (Wildman–Crippen LogP) is 4.60. The van der Waals surface area contributed by atoms with Crippen LogP contribution in [0.2, 0.25) is 0 Å². The van der Waals surface area contributed by atoms with Gasteiger partial charge in [0.25, 0.3) is 0 Å². The first-order valence-corrected chi connectivity index (χ1v) is 7.61. The number of nitrogens with one attached hydrogen (secondary N) is 1. The first-order chi connectivity index (χ1) is 9.93. The second kappa shape index (κ2) is 6.58. The zero-order chi connectivity index (χ0) is 15.6. The summed E-state index contributed by atoms with van der Waals surface area (Å²) in [6, 6.07) is 1.41. The van der Waals surface area contributed by atoms with E-state index in [1.54, 1.807) is 6.92 Å². The zero-order valence-electron chi connectivity index (χ0n) is 12.1. The van der Waals surface area contributed by atoms with Gasteiger partial charge in [-0.15, -0.1) is 11.3 Å². The minimum atomic E-state index is -0.930. The van der Waals surface area contributed by atoms with Crippen LogP contribution in [-0.2, 0) is 0 Å². The molecule has 0 amide bonds. The standard InChI is InChI=1S/C15H17F3N2S/c1-4-5-19-8(2)14-9(3)20-15(21-14)13-11(17)6-10(16)7-12(13)18/h6-8,19H,4-5H2,1-3H3. The van der Waals surface area contributed by atoms with Gasteiger partial charge in [0.2, 0.25) is 0 Å². The highest BCUT2D eigenvalue weighted by Crippen LogP contribution is 2.34. The van der Waals surface area contributed by atoms with Crippen molar-refractivity contribution in [2.75, 3.05) is 6.54 Å². The van der Waals surface area contributed by atoms with Gasteiger partial charge in [0.15, 0.2) is 0 Å². The summed E-state index contributed by atoms with van der Waals surface area (Å²) in [4.78, 5) is 5.17. The van der Waals surface area contributed by atoms with E-state index in [1.165, 1.54) is 11.3 Å². The van der Waals surface area contributed by atoms with Crippen molar-refractivity contribution in [1.29, 1.82) is 0 Å². The predicted molar refractivity (Wildman–Crippen MR) is 78.9 cm³/mol. The molecule has 1 N–H and O–H groups in total. The van der Waals surface area contributed by atoms with Crippen LogP contribution in [0.5, 0.6) is 0 Å². The van der Waals surface area contributed by atoms with Crippen LogP contribution in [-0.4, -0.2) is 11.5 Å². The van der Waals surface area contributed by atoms with Crippen molar-refractivity contribution in [3.05, 3.63) is 40.2 Å². The molecular formula is C15H17F3N2S. The van der Waals surface area contributed by atoms with E-state index in [0.717, 1.165) is 23.5 Å². The Morgan fingerprint density at radius 3 is 2.43 bits per heavy atom. The molecule has 1 unspecified atom stereocenters. The summed E-state index contributed by atoms with van der Waals surface area (Å²) in [6.07, 6.45) is 0.996. The minimum Gasteiger partial charge on any atom is -0.309 e. The maximum absolute atomic E-state index is 13.8. The summed E-state index contributed by atoms with van der Waals surface area (Å²) in [5.74, 6) is -2.79. The highest BCUT2D eigenvalue weighted by Gasteiger charge is 2.20. The van der Waals surface area contributed by atoms with E-state index < -0.39 is 17.5 Å². The summed E-state index contributed by atoms with van der Waals surface area (Å²) in [7, 11) is 0. The maximum atomic E-state index is 13.8. The number of benzene rings is 1. The van der Waals surface area contributed by atoms with E-state index in [-0.39, 0.29) is 16.6 Å². The lowest BCUT2D eigenvalue weighted by atomic mass is 10.2. The van der Waals surface area contributed by atoms with E-state index in [1.807, 2.05) is 6.92 Å². The molecular weight excluding hydrogens is 297 g/mol. The van der Waals surface area contributed by atoms with Crippen molar-refractivity contribution in [3.63, 3.8) is 0 Å². The molecule has 0 aliphatic heterocycles. The fourth-order valence-electron chi connectivity index (χ4n) is 2.12. The van der Waals surface area contributed by atoms with E-state index in [2.05, 4.69) is 17.2 Å². The van der Waals surface area contributed by atoms with Gasteiger partial charge >= 0.3 is 0 Å². The Hall–Kier alpha value is -1.40. The summed E-state index contributed by atoms with van der Waals surface area (Å²) in [5.41, 5.74) is 0.465. The number of hydrogen-bond acceptors (Lipinski definition) is 3. The second-order valence-corrected chi connectivity index (χ2v) is 5.92. The molecule has 1 aromatic heterocycles. The Bertz CT molecular complexity index is 617. The van der Waals surface area contributed by atoms with E-state index in [0.29, 0.717) is 12.1 Å². The maximum Gasteiger partial charge on any atom is 0.139 e. The number of hydrogen-bond donors (Lipinski definition) is 1. The molecule has 6 heteroatoms. The average Bonchev–Trinajstić information content (AvgIpc) is 2.76. The fourth-order valence-corrected chi connectivity index (χ4v) is 3.26. The molecule has 2 aromatic rings. The van der Waals surface area contributed by atoms with Crippen molar-refractivity contribution in [2.45, 2.75) is 33.2 Å². The van der Waals surface area contributed by atoms with E-state index >= 15 is 0 Å². The molecule has 0 saturated heterocycles. The Morgan fingerprint density at radius 1 is 1.24 bits per heavy atom. The van der Waals surface area contributed by atoms with Crippen molar-refractivity contribution in [3.8, 4) is 10.6 Å². The molecule has 0 aliphatic rings. The Labute approximate surface area is 126 Å². The molecule has 0 radical (unpaired) electrons. The molecule has 0 aliphatic carbocycles. The smallest absolute Gasteiger partial charge is 0.139 e. The van der Waals surface area contributed by atoms with Crippen LogP contribution < -0.4 is 5.32 Å². The SMILES string of the molecule is CCCNC(C)c1sc(-c2c(F)cc(F)cc2F)nc1C. The topological polar surface area (TPSA) is 24.9 Å². The minimum absolute atomic E-state index is 0.0581. The van der Waals surface area contributed by atoms with Gasteiger partial charge < -0.3 is 5.32 Å². The first-order valence-electron chi connectivity index (χ1n) is 6.79. The number of nitrogens with zero attached hydrogens (tertiary/aromatic N) is 1. The lowest BCUT2D eigenvalue weighted by Gasteiger charge is -2.11. The quantitative estimate of drug-likeness (QED) is 0.872. The Kier molecular flexibility index (Phi) is 5.00. The highest BCUT2D eigenvalue weighted by molar-refractivity contribution is 7.15. The zero-order valence-corrected chi connectivity index (χ0v) is 13.0. The largest absolute Gasteiger partial charge is 0.309 e. The number of halogens is 3. The number of aromatic nitrogens is 1. The van der Waals surface area contributed by atoms with Crippen LogP contribution >= 0.6 is 11.3 Å². The molecule has 2 rings (SSSR count). The van der Waals surface area contributed by atoms with Gasteiger partial charge in [-0.1, -0.05) is 6.92 Å². The third kappa shape index (κ3) is 3.44. The molecule has 0 bridgehead atoms. The lowest BCUT2D eigenvalue weighted by Crippen LogP contribution is -2.18. The highest BCUT2D eigenvalue weighted by atomic mass is 32.1. The molecule has 0 saturated carbocycles. The number of rotatable bonds is 5. The van der Waals surface area contributed by atoms with Crippen LogP contribution in [0.3, 0.4) is 0 Å². The van der Waals surface area contributed by atoms with Crippen molar-refractivity contribution in [1.82, 2.24) is 10.3 Å². The average molecular weight is 314 g/mol. The molecule has 1 atom stereocenters.